The summed E-state index contributed by atoms with van der Waals surface area (Å²) in [4.78, 5) is 13.9. The van der Waals surface area contributed by atoms with Gasteiger partial charge in [-0.3, -0.25) is 4.79 Å². The molecule has 21 heavy (non-hydrogen) atoms. The average molecular weight is 288 g/mol. The van der Waals surface area contributed by atoms with Crippen LogP contribution in [-0.2, 0) is 17.8 Å². The molecule has 0 fully saturated rings. The number of para-hydroxylation sites is 1. The second kappa shape index (κ2) is 5.90. The first kappa shape index (κ1) is 15.6. The zero-order chi connectivity index (χ0) is 15.6. The SMILES string of the molecule is CCn1cc(CC(=O)N(C)CC(C)(C)O)c2ccccc21. The fraction of sp³-hybridized carbons (Fsp3) is 0.471. The molecule has 0 aliphatic rings. The van der Waals surface area contributed by atoms with Crippen LogP contribution in [0.4, 0.5) is 0 Å². The fourth-order valence-corrected chi connectivity index (χ4v) is 2.69. The molecule has 0 atom stereocenters. The van der Waals surface area contributed by atoms with Gasteiger partial charge in [0.2, 0.25) is 5.91 Å². The van der Waals surface area contributed by atoms with Crippen molar-refractivity contribution in [3.05, 3.63) is 36.0 Å². The summed E-state index contributed by atoms with van der Waals surface area (Å²) in [5, 5.41) is 10.9. The van der Waals surface area contributed by atoms with E-state index in [9.17, 15) is 9.90 Å². The quantitative estimate of drug-likeness (QED) is 0.918. The maximum atomic E-state index is 12.3. The van der Waals surface area contributed by atoms with Crippen LogP contribution in [0.1, 0.15) is 26.3 Å². The number of fused-ring (bicyclic) bond motifs is 1. The highest BCUT2D eigenvalue weighted by atomic mass is 16.3. The molecule has 4 nitrogen and oxygen atoms in total. The van der Waals surface area contributed by atoms with E-state index < -0.39 is 5.60 Å². The Morgan fingerprint density at radius 3 is 2.62 bits per heavy atom. The lowest BCUT2D eigenvalue weighted by molar-refractivity contribution is -0.131. The Kier molecular flexibility index (Phi) is 4.37. The normalized spacial score (nSPS) is 11.9. The van der Waals surface area contributed by atoms with Crippen LogP contribution in [0.15, 0.2) is 30.5 Å². The number of aryl methyl sites for hydroxylation is 1. The van der Waals surface area contributed by atoms with E-state index in [2.05, 4.69) is 29.8 Å². The van der Waals surface area contributed by atoms with E-state index in [1.165, 1.54) is 0 Å². The molecule has 1 heterocycles. The van der Waals surface area contributed by atoms with Gasteiger partial charge in [-0.05, 0) is 32.4 Å². The fourth-order valence-electron chi connectivity index (χ4n) is 2.69. The van der Waals surface area contributed by atoms with Gasteiger partial charge in [-0.25, -0.2) is 0 Å². The number of hydrogen-bond donors (Lipinski definition) is 1. The summed E-state index contributed by atoms with van der Waals surface area (Å²) in [7, 11) is 1.74. The van der Waals surface area contributed by atoms with Gasteiger partial charge in [-0.1, -0.05) is 18.2 Å². The molecule has 0 aliphatic heterocycles. The van der Waals surface area contributed by atoms with Crippen LogP contribution in [0, 0.1) is 0 Å². The molecule has 0 spiro atoms. The summed E-state index contributed by atoms with van der Waals surface area (Å²) in [6, 6.07) is 8.14. The van der Waals surface area contributed by atoms with Gasteiger partial charge in [0.05, 0.1) is 12.0 Å². The highest BCUT2D eigenvalue weighted by Crippen LogP contribution is 2.22. The molecule has 4 heteroatoms. The topological polar surface area (TPSA) is 45.5 Å². The van der Waals surface area contributed by atoms with Gasteiger partial charge in [0.15, 0.2) is 0 Å². The summed E-state index contributed by atoms with van der Waals surface area (Å²) in [5.74, 6) is 0.0242. The zero-order valence-corrected chi connectivity index (χ0v) is 13.3. The number of amides is 1. The smallest absolute Gasteiger partial charge is 0.226 e. The van der Waals surface area contributed by atoms with Crippen molar-refractivity contribution in [2.24, 2.45) is 0 Å². The Morgan fingerprint density at radius 1 is 1.33 bits per heavy atom. The number of carbonyl (C=O) groups is 1. The minimum Gasteiger partial charge on any atom is -0.389 e. The molecule has 2 rings (SSSR count). The zero-order valence-electron chi connectivity index (χ0n) is 13.3. The number of carbonyl (C=O) groups excluding carboxylic acids is 1. The number of benzene rings is 1. The number of aliphatic hydroxyl groups is 1. The Labute approximate surface area is 126 Å². The predicted molar refractivity (Wildman–Crippen MR) is 85.3 cm³/mol. The monoisotopic (exact) mass is 288 g/mol. The molecule has 0 saturated heterocycles. The lowest BCUT2D eigenvalue weighted by Crippen LogP contribution is -2.40. The number of nitrogens with zero attached hydrogens (tertiary/aromatic N) is 2. The van der Waals surface area contributed by atoms with E-state index in [4.69, 9.17) is 0 Å². The number of hydrogen-bond acceptors (Lipinski definition) is 2. The first-order valence-electron chi connectivity index (χ1n) is 7.35. The third-order valence-electron chi connectivity index (χ3n) is 3.60. The van der Waals surface area contributed by atoms with Gasteiger partial charge in [-0.2, -0.15) is 0 Å². The average Bonchev–Trinajstić information content (AvgIpc) is 2.75. The second-order valence-electron chi connectivity index (χ2n) is 6.20. The molecule has 1 amide bonds. The maximum absolute atomic E-state index is 12.3. The van der Waals surface area contributed by atoms with Crippen LogP contribution in [0.2, 0.25) is 0 Å². The van der Waals surface area contributed by atoms with Crippen LogP contribution in [-0.4, -0.2) is 39.7 Å². The molecular weight excluding hydrogens is 264 g/mol. The summed E-state index contributed by atoms with van der Waals surface area (Å²) in [6.07, 6.45) is 2.42. The van der Waals surface area contributed by atoms with E-state index in [0.717, 1.165) is 23.0 Å². The molecule has 114 valence electrons. The van der Waals surface area contributed by atoms with Crippen LogP contribution >= 0.6 is 0 Å². The minimum atomic E-state index is -0.873. The van der Waals surface area contributed by atoms with Crippen LogP contribution < -0.4 is 0 Å². The van der Waals surface area contributed by atoms with E-state index in [-0.39, 0.29) is 5.91 Å². The molecule has 0 bridgehead atoms. The maximum Gasteiger partial charge on any atom is 0.226 e. The van der Waals surface area contributed by atoms with Crippen LogP contribution in [0.5, 0.6) is 0 Å². The minimum absolute atomic E-state index is 0.0242. The highest BCUT2D eigenvalue weighted by Gasteiger charge is 2.20. The van der Waals surface area contributed by atoms with Gasteiger partial charge in [0.1, 0.15) is 0 Å². The van der Waals surface area contributed by atoms with Crippen molar-refractivity contribution in [1.29, 1.82) is 0 Å². The van der Waals surface area contributed by atoms with E-state index >= 15 is 0 Å². The van der Waals surface area contributed by atoms with E-state index in [0.29, 0.717) is 13.0 Å². The van der Waals surface area contributed by atoms with Crippen molar-refractivity contribution in [3.63, 3.8) is 0 Å². The van der Waals surface area contributed by atoms with Crippen LogP contribution in [0.25, 0.3) is 10.9 Å². The second-order valence-corrected chi connectivity index (χ2v) is 6.20. The van der Waals surface area contributed by atoms with Gasteiger partial charge in [0, 0.05) is 37.2 Å². The standard InChI is InChI=1S/C17H24N2O2/c1-5-19-11-13(14-8-6-7-9-15(14)19)10-16(20)18(4)12-17(2,3)21/h6-9,11,21H,5,10,12H2,1-4H3. The van der Waals surface area contributed by atoms with Gasteiger partial charge >= 0.3 is 0 Å². The Bertz CT molecular complexity index is 638. The molecule has 0 radical (unpaired) electrons. The Hall–Kier alpha value is -1.81. The van der Waals surface area contributed by atoms with Crippen molar-refractivity contribution in [3.8, 4) is 0 Å². The van der Waals surface area contributed by atoms with Crippen molar-refractivity contribution in [1.82, 2.24) is 9.47 Å². The molecule has 2 aromatic rings. The van der Waals surface area contributed by atoms with Gasteiger partial charge in [-0.15, -0.1) is 0 Å². The van der Waals surface area contributed by atoms with Crippen molar-refractivity contribution < 1.29 is 9.90 Å². The number of aromatic nitrogens is 1. The molecule has 0 saturated carbocycles. The number of likely N-dealkylation sites (N-methyl/N-ethyl adjacent to an activating group) is 1. The Balaban J connectivity index is 2.22. The molecule has 1 aromatic carbocycles. The summed E-state index contributed by atoms with van der Waals surface area (Å²) >= 11 is 0. The van der Waals surface area contributed by atoms with Crippen LogP contribution in [0.3, 0.4) is 0 Å². The van der Waals surface area contributed by atoms with Crippen molar-refractivity contribution in [2.75, 3.05) is 13.6 Å². The van der Waals surface area contributed by atoms with Crippen molar-refractivity contribution in [2.45, 2.75) is 39.3 Å². The molecule has 0 aliphatic carbocycles. The third kappa shape index (κ3) is 3.64. The third-order valence-corrected chi connectivity index (χ3v) is 3.60. The molecule has 0 unspecified atom stereocenters. The first-order valence-corrected chi connectivity index (χ1v) is 7.35. The summed E-state index contributed by atoms with van der Waals surface area (Å²) in [6.45, 7) is 6.73. The summed E-state index contributed by atoms with van der Waals surface area (Å²) in [5.41, 5.74) is 1.33. The predicted octanol–water partition coefficient (Wildman–Crippen LogP) is 2.43. The molecule has 1 aromatic heterocycles. The lowest BCUT2D eigenvalue weighted by Gasteiger charge is -2.25. The van der Waals surface area contributed by atoms with Gasteiger partial charge < -0.3 is 14.6 Å². The van der Waals surface area contributed by atoms with E-state index in [1.54, 1.807) is 25.8 Å². The first-order chi connectivity index (χ1) is 9.81. The van der Waals surface area contributed by atoms with E-state index in [1.807, 2.05) is 12.1 Å². The number of rotatable bonds is 5. The summed E-state index contributed by atoms with van der Waals surface area (Å²) < 4.78 is 2.16. The highest BCUT2D eigenvalue weighted by molar-refractivity contribution is 5.89. The lowest BCUT2D eigenvalue weighted by atomic mass is 10.1. The molecule has 1 N–H and O–H groups in total. The largest absolute Gasteiger partial charge is 0.389 e. The van der Waals surface area contributed by atoms with Crippen molar-refractivity contribution >= 4 is 16.8 Å². The Morgan fingerprint density at radius 2 is 2.00 bits per heavy atom. The van der Waals surface area contributed by atoms with Gasteiger partial charge in [0.25, 0.3) is 0 Å². The molecular formula is C17H24N2O2.